The second kappa shape index (κ2) is 9.25. The molecule has 3 heterocycles. The molecule has 34 heavy (non-hydrogen) atoms. The van der Waals surface area contributed by atoms with E-state index < -0.39 is 5.82 Å². The van der Waals surface area contributed by atoms with Crippen molar-refractivity contribution in [2.24, 2.45) is 0 Å². The summed E-state index contributed by atoms with van der Waals surface area (Å²) < 4.78 is 21.1. The summed E-state index contributed by atoms with van der Waals surface area (Å²) in [7, 11) is 1.57. The Bertz CT molecular complexity index is 1360. The molecular formula is C25H19Cl2FN4OS. The lowest BCUT2D eigenvalue weighted by atomic mass is 10.0. The van der Waals surface area contributed by atoms with Gasteiger partial charge < -0.3 is 19.5 Å². The Morgan fingerprint density at radius 2 is 1.79 bits per heavy atom. The number of nitrogens with zero attached hydrogens (tertiary/aromatic N) is 3. The van der Waals surface area contributed by atoms with Crippen LogP contribution < -0.4 is 15.0 Å². The summed E-state index contributed by atoms with van der Waals surface area (Å²) in [5.74, 6) is 0.106. The lowest BCUT2D eigenvalue weighted by molar-refractivity contribution is 0.415. The molecule has 0 unspecified atom stereocenters. The van der Waals surface area contributed by atoms with Crippen molar-refractivity contribution in [2.75, 3.05) is 12.0 Å². The molecule has 0 radical (unpaired) electrons. The van der Waals surface area contributed by atoms with Crippen molar-refractivity contribution in [1.29, 1.82) is 0 Å². The predicted octanol–water partition coefficient (Wildman–Crippen LogP) is 6.50. The number of benzene rings is 2. The van der Waals surface area contributed by atoms with E-state index >= 15 is 0 Å². The fourth-order valence-corrected chi connectivity index (χ4v) is 5.02. The minimum atomic E-state index is -0.469. The van der Waals surface area contributed by atoms with Gasteiger partial charge in [0.25, 0.3) is 0 Å². The van der Waals surface area contributed by atoms with Crippen LogP contribution in [0.15, 0.2) is 79.1 Å². The highest BCUT2D eigenvalue weighted by Gasteiger charge is 2.42. The average molecular weight is 513 g/mol. The van der Waals surface area contributed by atoms with Gasteiger partial charge in [-0.05, 0) is 72.9 Å². The standard InChI is InChI=1S/C25H19Cl2FN4OS/c1-33-22-10-8-16(14-18(22)27)32-24(23(30-25(32)34)20-5-2-3-11-29-20)21-6-4-12-31(21)15-7-9-19(28)17(26)13-15/h2-14,23-24H,1H3,(H,30,34)/t23-,24+/m0/s1. The number of rotatable bonds is 5. The topological polar surface area (TPSA) is 42.3 Å². The smallest absolute Gasteiger partial charge is 0.174 e. The minimum Gasteiger partial charge on any atom is -0.495 e. The van der Waals surface area contributed by atoms with Crippen LogP contribution in [0.2, 0.25) is 10.0 Å². The lowest BCUT2D eigenvalue weighted by Gasteiger charge is -2.29. The molecule has 1 saturated heterocycles. The van der Waals surface area contributed by atoms with Crippen LogP contribution in [0.25, 0.3) is 5.69 Å². The maximum absolute atomic E-state index is 13.9. The molecule has 172 valence electrons. The van der Waals surface area contributed by atoms with Gasteiger partial charge in [-0.25, -0.2) is 4.39 Å². The molecule has 2 aromatic carbocycles. The van der Waals surface area contributed by atoms with E-state index in [1.54, 1.807) is 25.4 Å². The predicted molar refractivity (Wildman–Crippen MR) is 137 cm³/mol. The number of thiocarbonyl (C=S) groups is 1. The Kier molecular flexibility index (Phi) is 6.16. The van der Waals surface area contributed by atoms with Crippen LogP contribution in [0.3, 0.4) is 0 Å². The second-order valence-corrected chi connectivity index (χ2v) is 8.92. The molecule has 5 rings (SSSR count). The second-order valence-electron chi connectivity index (χ2n) is 7.72. The number of anilines is 1. The molecule has 0 amide bonds. The molecular weight excluding hydrogens is 494 g/mol. The Morgan fingerprint density at radius 1 is 1.00 bits per heavy atom. The fraction of sp³-hybridized carbons (Fsp3) is 0.120. The molecule has 0 bridgehead atoms. The molecule has 2 atom stereocenters. The van der Waals surface area contributed by atoms with Gasteiger partial charge in [0, 0.05) is 29.5 Å². The van der Waals surface area contributed by atoms with E-state index in [1.165, 1.54) is 6.07 Å². The van der Waals surface area contributed by atoms with E-state index in [0.717, 1.165) is 22.8 Å². The van der Waals surface area contributed by atoms with Gasteiger partial charge in [0.1, 0.15) is 17.6 Å². The van der Waals surface area contributed by atoms with Gasteiger partial charge in [0.15, 0.2) is 5.11 Å². The van der Waals surface area contributed by atoms with Crippen LogP contribution >= 0.6 is 35.4 Å². The van der Waals surface area contributed by atoms with Crippen molar-refractivity contribution in [1.82, 2.24) is 14.9 Å². The summed E-state index contributed by atoms with van der Waals surface area (Å²) in [6, 6.07) is 19.4. The summed E-state index contributed by atoms with van der Waals surface area (Å²) in [6.07, 6.45) is 3.66. The number of ether oxygens (including phenoxy) is 1. The highest BCUT2D eigenvalue weighted by Crippen LogP contribution is 2.43. The molecule has 1 N–H and O–H groups in total. The zero-order valence-electron chi connectivity index (χ0n) is 18.0. The lowest BCUT2D eigenvalue weighted by Crippen LogP contribution is -2.30. The van der Waals surface area contributed by atoms with Crippen molar-refractivity contribution >= 4 is 46.2 Å². The van der Waals surface area contributed by atoms with Gasteiger partial charge in [-0.1, -0.05) is 29.3 Å². The minimum absolute atomic E-state index is 0.0530. The van der Waals surface area contributed by atoms with Gasteiger partial charge >= 0.3 is 0 Å². The van der Waals surface area contributed by atoms with Crippen LogP contribution in [0.4, 0.5) is 10.1 Å². The number of halogens is 3. The normalized spacial score (nSPS) is 17.6. The number of nitrogens with one attached hydrogen (secondary N) is 1. The van der Waals surface area contributed by atoms with E-state index in [2.05, 4.69) is 10.3 Å². The maximum Gasteiger partial charge on any atom is 0.174 e. The Labute approximate surface area is 211 Å². The van der Waals surface area contributed by atoms with Crippen molar-refractivity contribution in [2.45, 2.75) is 12.1 Å². The summed E-state index contributed by atoms with van der Waals surface area (Å²) in [4.78, 5) is 6.59. The van der Waals surface area contributed by atoms with E-state index in [1.807, 2.05) is 64.2 Å². The van der Waals surface area contributed by atoms with Gasteiger partial charge in [-0.2, -0.15) is 0 Å². The third-order valence-electron chi connectivity index (χ3n) is 5.78. The number of methoxy groups -OCH3 is 1. The first kappa shape index (κ1) is 22.7. The number of aromatic nitrogens is 2. The van der Waals surface area contributed by atoms with E-state index in [4.69, 9.17) is 40.2 Å². The first-order valence-electron chi connectivity index (χ1n) is 10.4. The van der Waals surface area contributed by atoms with Gasteiger partial charge in [-0.15, -0.1) is 0 Å². The third-order valence-corrected chi connectivity index (χ3v) is 6.68. The number of hydrogen-bond acceptors (Lipinski definition) is 3. The maximum atomic E-state index is 13.9. The Morgan fingerprint density at radius 3 is 2.50 bits per heavy atom. The van der Waals surface area contributed by atoms with Gasteiger partial charge in [0.2, 0.25) is 0 Å². The van der Waals surface area contributed by atoms with Crippen LogP contribution in [0.1, 0.15) is 23.5 Å². The van der Waals surface area contributed by atoms with Gasteiger partial charge in [-0.3, -0.25) is 4.98 Å². The highest BCUT2D eigenvalue weighted by molar-refractivity contribution is 7.80. The Balaban J connectivity index is 1.67. The molecule has 9 heteroatoms. The first-order chi connectivity index (χ1) is 16.5. The fourth-order valence-electron chi connectivity index (χ4n) is 4.24. The van der Waals surface area contributed by atoms with Crippen molar-refractivity contribution in [3.05, 3.63) is 106 Å². The van der Waals surface area contributed by atoms with E-state index in [9.17, 15) is 4.39 Å². The molecule has 2 aromatic heterocycles. The summed E-state index contributed by atoms with van der Waals surface area (Å²) in [5.41, 5.74) is 3.28. The zero-order chi connectivity index (χ0) is 23.8. The summed E-state index contributed by atoms with van der Waals surface area (Å²) in [6.45, 7) is 0. The molecule has 1 aliphatic rings. The third kappa shape index (κ3) is 4.00. The van der Waals surface area contributed by atoms with E-state index in [-0.39, 0.29) is 17.1 Å². The van der Waals surface area contributed by atoms with Crippen molar-refractivity contribution in [3.8, 4) is 11.4 Å². The molecule has 1 fully saturated rings. The zero-order valence-corrected chi connectivity index (χ0v) is 20.3. The largest absolute Gasteiger partial charge is 0.495 e. The van der Waals surface area contributed by atoms with Gasteiger partial charge in [0.05, 0.1) is 28.9 Å². The van der Waals surface area contributed by atoms with Crippen molar-refractivity contribution in [3.63, 3.8) is 0 Å². The van der Waals surface area contributed by atoms with E-state index in [0.29, 0.717) is 15.9 Å². The quantitative estimate of drug-likeness (QED) is 0.309. The summed E-state index contributed by atoms with van der Waals surface area (Å²) >= 11 is 18.3. The monoisotopic (exact) mass is 512 g/mol. The molecule has 0 spiro atoms. The van der Waals surface area contributed by atoms with Crippen LogP contribution in [0.5, 0.6) is 5.75 Å². The molecule has 5 nitrogen and oxygen atoms in total. The van der Waals surface area contributed by atoms with Crippen LogP contribution in [-0.2, 0) is 0 Å². The van der Waals surface area contributed by atoms with Crippen molar-refractivity contribution < 1.29 is 9.13 Å². The highest BCUT2D eigenvalue weighted by atomic mass is 35.5. The average Bonchev–Trinajstić information content (AvgIpc) is 3.45. The summed E-state index contributed by atoms with van der Waals surface area (Å²) in [5, 5.41) is 4.49. The molecule has 1 aliphatic heterocycles. The number of hydrogen-bond donors (Lipinski definition) is 1. The number of pyridine rings is 1. The Hall–Kier alpha value is -3.13. The molecule has 0 aliphatic carbocycles. The molecule has 0 saturated carbocycles. The first-order valence-corrected chi connectivity index (χ1v) is 11.6. The van der Waals surface area contributed by atoms with Crippen LogP contribution in [0, 0.1) is 5.82 Å². The van der Waals surface area contributed by atoms with Crippen LogP contribution in [-0.4, -0.2) is 21.8 Å². The molecule has 4 aromatic rings. The SMILES string of the molecule is COc1ccc(N2C(=S)N[C@@H](c3ccccn3)[C@H]2c2cccn2-c2ccc(F)c(Cl)c2)cc1Cl.